The van der Waals surface area contributed by atoms with E-state index in [0.29, 0.717) is 52.7 Å². The molecule has 5 aromatic rings. The second-order valence-corrected chi connectivity index (χ2v) is 11.3. The molecule has 0 radical (unpaired) electrons. The SMILES string of the molecule is COc1cc2ncnc(N(Cc3ccc(OC)c(OC)c3)c3cccc(Cl)c3F)c2cc1NC1CN(C(=O)OCc2ccccc2)C1. The van der Waals surface area contributed by atoms with E-state index < -0.39 is 5.82 Å². The molecule has 0 bridgehead atoms. The highest BCUT2D eigenvalue weighted by molar-refractivity contribution is 6.31. The zero-order chi connectivity index (χ0) is 32.9. The molecule has 2 heterocycles. The maximum atomic E-state index is 15.6. The quantitative estimate of drug-likeness (QED) is 0.158. The molecule has 1 aliphatic heterocycles. The second-order valence-electron chi connectivity index (χ2n) is 10.9. The van der Waals surface area contributed by atoms with E-state index in [4.69, 9.17) is 30.5 Å². The van der Waals surface area contributed by atoms with Crippen molar-refractivity contribution in [3.63, 3.8) is 0 Å². The second kappa shape index (κ2) is 14.0. The minimum atomic E-state index is -0.582. The standard InChI is InChI=1S/C35H33ClFN5O5/c1-44-30-13-12-23(14-32(30)46-3)17-42(29-11-7-10-26(36)33(29)37)34-25-15-28(31(45-2)16-27(25)38-21-39-34)40-24-18-41(19-24)35(43)47-20-22-8-5-4-6-9-22/h4-16,21,24,40H,17-20H2,1-3H3. The number of ether oxygens (including phenoxy) is 4. The van der Waals surface area contributed by atoms with Crippen molar-refractivity contribution in [3.05, 3.63) is 107 Å². The number of amides is 1. The van der Waals surface area contributed by atoms with Crippen molar-refractivity contribution < 1.29 is 28.1 Å². The third-order valence-corrected chi connectivity index (χ3v) is 8.20. The van der Waals surface area contributed by atoms with E-state index >= 15 is 4.39 Å². The van der Waals surface area contributed by atoms with Crippen LogP contribution in [-0.4, -0.2) is 61.4 Å². The molecular formula is C35H33ClFN5O5. The number of carbonyl (C=O) groups excluding carboxylic acids is 1. The molecule has 1 amide bonds. The van der Waals surface area contributed by atoms with Crippen LogP contribution < -0.4 is 24.4 Å². The number of likely N-dealkylation sites (tertiary alicyclic amines) is 1. The predicted molar refractivity (Wildman–Crippen MR) is 178 cm³/mol. The molecule has 0 unspecified atom stereocenters. The van der Waals surface area contributed by atoms with E-state index in [0.717, 1.165) is 11.1 Å². The topological polar surface area (TPSA) is 98.3 Å². The van der Waals surface area contributed by atoms with Crippen LogP contribution in [0.1, 0.15) is 11.1 Å². The fraction of sp³-hybridized carbons (Fsp3) is 0.229. The molecule has 47 heavy (non-hydrogen) atoms. The van der Waals surface area contributed by atoms with E-state index in [1.165, 1.54) is 12.4 Å². The summed E-state index contributed by atoms with van der Waals surface area (Å²) in [7, 11) is 4.70. The molecule has 1 aromatic heterocycles. The van der Waals surface area contributed by atoms with Gasteiger partial charge < -0.3 is 34.1 Å². The first-order valence-corrected chi connectivity index (χ1v) is 15.2. The first kappa shape index (κ1) is 31.7. The molecule has 12 heteroatoms. The van der Waals surface area contributed by atoms with Gasteiger partial charge >= 0.3 is 6.09 Å². The van der Waals surface area contributed by atoms with E-state index in [1.807, 2.05) is 48.5 Å². The van der Waals surface area contributed by atoms with Crippen molar-refractivity contribution in [2.24, 2.45) is 0 Å². The number of nitrogens with one attached hydrogen (secondary N) is 1. The maximum Gasteiger partial charge on any atom is 0.410 e. The highest BCUT2D eigenvalue weighted by atomic mass is 35.5. The van der Waals surface area contributed by atoms with E-state index in [9.17, 15) is 4.79 Å². The smallest absolute Gasteiger partial charge is 0.410 e. The highest BCUT2D eigenvalue weighted by Crippen LogP contribution is 2.39. The molecular weight excluding hydrogens is 625 g/mol. The Bertz CT molecular complexity index is 1890. The molecule has 10 nitrogen and oxygen atoms in total. The Labute approximate surface area is 276 Å². The molecule has 0 saturated carbocycles. The fourth-order valence-corrected chi connectivity index (χ4v) is 5.62. The van der Waals surface area contributed by atoms with Crippen LogP contribution in [0, 0.1) is 5.82 Å². The van der Waals surface area contributed by atoms with Crippen molar-refractivity contribution in [2.45, 2.75) is 19.2 Å². The van der Waals surface area contributed by atoms with Gasteiger partial charge in [0.25, 0.3) is 0 Å². The Hall–Kier alpha value is -5.29. The van der Waals surface area contributed by atoms with Crippen molar-refractivity contribution in [2.75, 3.05) is 44.6 Å². The summed E-state index contributed by atoms with van der Waals surface area (Å²) in [5.74, 6) is 1.55. The van der Waals surface area contributed by atoms with Gasteiger partial charge in [0.05, 0.1) is 49.3 Å². The number of benzene rings is 4. The minimum Gasteiger partial charge on any atom is -0.495 e. The predicted octanol–water partition coefficient (Wildman–Crippen LogP) is 7.22. The van der Waals surface area contributed by atoms with E-state index in [2.05, 4.69) is 15.3 Å². The number of rotatable bonds is 11. The summed E-state index contributed by atoms with van der Waals surface area (Å²) < 4.78 is 37.7. The molecule has 1 fully saturated rings. The van der Waals surface area contributed by atoms with Crippen LogP contribution in [0.5, 0.6) is 17.2 Å². The Morgan fingerprint density at radius 1 is 0.915 bits per heavy atom. The molecule has 6 rings (SSSR count). The third-order valence-electron chi connectivity index (χ3n) is 7.91. The molecule has 4 aromatic carbocycles. The highest BCUT2D eigenvalue weighted by Gasteiger charge is 2.32. The molecule has 0 aliphatic carbocycles. The van der Waals surface area contributed by atoms with Gasteiger partial charge in [-0.25, -0.2) is 19.2 Å². The normalized spacial score (nSPS) is 12.7. The van der Waals surface area contributed by atoms with Crippen molar-refractivity contribution >= 4 is 45.8 Å². The number of methoxy groups -OCH3 is 3. The zero-order valence-corrected chi connectivity index (χ0v) is 26.8. The van der Waals surface area contributed by atoms with Crippen LogP contribution in [0.4, 0.5) is 26.4 Å². The van der Waals surface area contributed by atoms with Crippen LogP contribution in [0.25, 0.3) is 10.9 Å². The maximum absolute atomic E-state index is 15.6. The number of fused-ring (bicyclic) bond motifs is 1. The largest absolute Gasteiger partial charge is 0.495 e. The first-order chi connectivity index (χ1) is 22.9. The number of nitrogens with zero attached hydrogens (tertiary/aromatic N) is 4. The Kier molecular flexibility index (Phi) is 9.44. The zero-order valence-electron chi connectivity index (χ0n) is 26.1. The van der Waals surface area contributed by atoms with Gasteiger partial charge in [-0.2, -0.15) is 0 Å². The lowest BCUT2D eigenvalue weighted by Gasteiger charge is -2.39. The number of carbonyl (C=O) groups is 1. The van der Waals surface area contributed by atoms with Crippen molar-refractivity contribution in [1.82, 2.24) is 14.9 Å². The van der Waals surface area contributed by atoms with Gasteiger partial charge in [0.2, 0.25) is 0 Å². The first-order valence-electron chi connectivity index (χ1n) is 14.9. The van der Waals surface area contributed by atoms with Crippen LogP contribution in [0.15, 0.2) is 85.2 Å². The lowest BCUT2D eigenvalue weighted by Crippen LogP contribution is -2.57. The van der Waals surface area contributed by atoms with E-state index in [-0.39, 0.29) is 36.0 Å². The lowest BCUT2D eigenvalue weighted by molar-refractivity contribution is 0.0705. The van der Waals surface area contributed by atoms with Crippen LogP contribution in [0.2, 0.25) is 5.02 Å². The molecule has 1 N–H and O–H groups in total. The van der Waals surface area contributed by atoms with E-state index in [1.54, 1.807) is 55.4 Å². The lowest BCUT2D eigenvalue weighted by atomic mass is 10.1. The average molecular weight is 658 g/mol. The number of hydrogen-bond acceptors (Lipinski definition) is 9. The average Bonchev–Trinajstić information content (AvgIpc) is 3.08. The molecule has 1 aliphatic rings. The fourth-order valence-electron chi connectivity index (χ4n) is 5.45. The van der Waals surface area contributed by atoms with Crippen molar-refractivity contribution in [1.29, 1.82) is 0 Å². The van der Waals surface area contributed by atoms with Gasteiger partial charge in [0, 0.05) is 31.1 Å². The van der Waals surface area contributed by atoms with Crippen LogP contribution in [-0.2, 0) is 17.9 Å². The van der Waals surface area contributed by atoms with Crippen LogP contribution >= 0.6 is 11.6 Å². The van der Waals surface area contributed by atoms with Gasteiger partial charge in [-0.15, -0.1) is 0 Å². The van der Waals surface area contributed by atoms with Crippen LogP contribution in [0.3, 0.4) is 0 Å². The monoisotopic (exact) mass is 657 g/mol. The summed E-state index contributed by atoms with van der Waals surface area (Å²) in [6.45, 7) is 1.34. The van der Waals surface area contributed by atoms with Gasteiger partial charge in [-0.3, -0.25) is 0 Å². The molecule has 0 atom stereocenters. The summed E-state index contributed by atoms with van der Waals surface area (Å²) in [4.78, 5) is 25.1. The number of hydrogen-bond donors (Lipinski definition) is 1. The summed E-state index contributed by atoms with van der Waals surface area (Å²) >= 11 is 6.25. The van der Waals surface area contributed by atoms with Gasteiger partial charge in [0.15, 0.2) is 17.3 Å². The third kappa shape index (κ3) is 6.80. The summed E-state index contributed by atoms with van der Waals surface area (Å²) in [6.07, 6.45) is 1.06. The van der Waals surface area contributed by atoms with Gasteiger partial charge in [-0.1, -0.05) is 54.1 Å². The molecule has 1 saturated heterocycles. The summed E-state index contributed by atoms with van der Waals surface area (Å²) in [5.41, 5.74) is 3.25. The number of halogens is 2. The summed E-state index contributed by atoms with van der Waals surface area (Å²) in [5, 5.41) is 4.11. The van der Waals surface area contributed by atoms with Gasteiger partial charge in [-0.05, 0) is 41.5 Å². The van der Waals surface area contributed by atoms with Crippen molar-refractivity contribution in [3.8, 4) is 17.2 Å². The number of aromatic nitrogens is 2. The molecule has 242 valence electrons. The Balaban J connectivity index is 1.29. The minimum absolute atomic E-state index is 0.0148. The number of anilines is 3. The molecule has 0 spiro atoms. The Morgan fingerprint density at radius 3 is 2.43 bits per heavy atom. The summed E-state index contributed by atoms with van der Waals surface area (Å²) in [6, 6.07) is 23.5. The van der Waals surface area contributed by atoms with Gasteiger partial charge in [0.1, 0.15) is 24.5 Å². The Morgan fingerprint density at radius 2 is 1.68 bits per heavy atom.